The fourth-order valence-electron chi connectivity index (χ4n) is 10.1. The summed E-state index contributed by atoms with van der Waals surface area (Å²) in [6.07, 6.45) is 0.754. The average molecular weight is 1250 g/mol. The smallest absolute Gasteiger partial charge is 0.246 e. The van der Waals surface area contributed by atoms with Gasteiger partial charge in [0, 0.05) is 67.7 Å². The lowest BCUT2D eigenvalue weighted by atomic mass is 9.84. The van der Waals surface area contributed by atoms with Crippen molar-refractivity contribution in [3.63, 3.8) is 0 Å². The highest BCUT2D eigenvalue weighted by molar-refractivity contribution is 7.98. The number of nitrogens with zero attached hydrogens (tertiary/aromatic N) is 3. The van der Waals surface area contributed by atoms with Crippen molar-refractivity contribution in [1.82, 2.24) is 42.1 Å². The molecule has 17 N–H and O–H groups in total. The van der Waals surface area contributed by atoms with Crippen molar-refractivity contribution >= 4 is 101 Å². The second-order valence-electron chi connectivity index (χ2n) is 21.1. The van der Waals surface area contributed by atoms with E-state index in [9.17, 15) is 38.4 Å². The molecule has 87 heavy (non-hydrogen) atoms. The largest absolute Gasteiger partial charge is 0.370 e. The van der Waals surface area contributed by atoms with Gasteiger partial charge in [0.05, 0.1) is 0 Å². The van der Waals surface area contributed by atoms with E-state index in [1.54, 1.807) is 30.3 Å². The van der Waals surface area contributed by atoms with E-state index < -0.39 is 107 Å². The van der Waals surface area contributed by atoms with E-state index in [1.807, 2.05) is 84.9 Å². The number of benzene rings is 4. The van der Waals surface area contributed by atoms with E-state index >= 15 is 4.79 Å². The molecule has 2 bridgehead atoms. The summed E-state index contributed by atoms with van der Waals surface area (Å²) in [6.45, 7) is 1.52. The molecule has 9 amide bonds. The standard InChI is InChI=1S/C60H79N15O9S3/c1-36(76)68-47-35-87-33-39-18-11-17-38(29-39)32-86-34-46(51(61)77)73-54(80)44(30-37-15-5-2-6-16-37)71-52(78)42(23-12-26-66-59(62)63)69-55(81)45(31-85)72-53(79)43(24-13-27-67-60(64)65)70-57(83)48-25-14-28-75(48)58(84)50(74-56(47)82)49(40-19-7-3-8-20-40)41-21-9-4-10-22-41/h2-11,15-22,29,42-50,85H,12-14,23-28,30-35H2,1H3,(H2,61,77)(H,68,76)(H,69,81)(H,70,83)(H,71,78)(H,72,79)(H,73,80)(H,74,82)(H4,62,63,66)(H4,64,65,67)/t42-,43-,44-,45-,46-,47-,48-,50-/m0/s1. The zero-order valence-corrected chi connectivity index (χ0v) is 51.0. The monoisotopic (exact) mass is 1250 g/mol. The lowest BCUT2D eigenvalue weighted by Gasteiger charge is -2.35. The molecule has 2 aliphatic heterocycles. The molecule has 2 aliphatic rings. The molecule has 0 aliphatic carbocycles. The highest BCUT2D eigenvalue weighted by Gasteiger charge is 2.43. The molecule has 1 fully saturated rings. The number of carbonyl (C=O) groups is 9. The molecule has 1 saturated heterocycles. The normalized spacial score (nSPS) is 22.5. The van der Waals surface area contributed by atoms with Gasteiger partial charge in [-0.3, -0.25) is 53.1 Å². The van der Waals surface area contributed by atoms with Gasteiger partial charge in [0.25, 0.3) is 0 Å². The van der Waals surface area contributed by atoms with Gasteiger partial charge in [0.2, 0.25) is 53.2 Å². The van der Waals surface area contributed by atoms with Gasteiger partial charge in [0.15, 0.2) is 11.9 Å². The molecule has 8 atom stereocenters. The second-order valence-corrected chi connectivity index (χ2v) is 23.5. The van der Waals surface area contributed by atoms with E-state index in [-0.39, 0.29) is 87.3 Å². The molecular formula is C60H79N15O9S3. The van der Waals surface area contributed by atoms with Gasteiger partial charge in [-0.1, -0.05) is 115 Å². The third-order valence-corrected chi connectivity index (χ3v) is 17.0. The number of nitrogens with two attached hydrogens (primary N) is 5. The molecule has 0 radical (unpaired) electrons. The molecule has 466 valence electrons. The zero-order valence-electron chi connectivity index (χ0n) is 48.4. The second kappa shape index (κ2) is 34.7. The number of carbonyl (C=O) groups excluding carboxylic acids is 9. The fourth-order valence-corrected chi connectivity index (χ4v) is 12.4. The van der Waals surface area contributed by atoms with Crippen molar-refractivity contribution in [3.8, 4) is 0 Å². The summed E-state index contributed by atoms with van der Waals surface area (Å²) >= 11 is 7.12. The molecular weight excluding hydrogens is 1170 g/mol. The Labute approximate surface area is 520 Å². The molecule has 0 unspecified atom stereocenters. The number of rotatable bonds is 16. The number of hydrogen-bond acceptors (Lipinski definition) is 14. The number of aliphatic imine (C=N–C) groups is 2. The zero-order chi connectivity index (χ0) is 62.8. The lowest BCUT2D eigenvalue weighted by Crippen LogP contribution is -2.61. The van der Waals surface area contributed by atoms with Crippen LogP contribution in [-0.2, 0) is 61.1 Å². The molecule has 4 aromatic carbocycles. The van der Waals surface area contributed by atoms with Gasteiger partial charge in [-0.2, -0.15) is 36.2 Å². The van der Waals surface area contributed by atoms with Crippen LogP contribution in [0.4, 0.5) is 0 Å². The minimum Gasteiger partial charge on any atom is -0.370 e. The minimum absolute atomic E-state index is 0.0341. The Morgan fingerprint density at radius 2 is 1.10 bits per heavy atom. The van der Waals surface area contributed by atoms with Crippen LogP contribution in [-0.4, -0.2) is 155 Å². The Bertz CT molecular complexity index is 3010. The lowest BCUT2D eigenvalue weighted by molar-refractivity contribution is -0.142. The molecule has 0 spiro atoms. The highest BCUT2D eigenvalue weighted by atomic mass is 32.2. The molecule has 24 nitrogen and oxygen atoms in total. The SMILES string of the molecule is CC(=O)N[C@H]1CSCc2cccc(c2)CSC[C@@H](C(N)=O)NC(=O)[C@H](Cc2ccccc2)NC(=O)[C@H](CCCN=C(N)N)NC(=O)[C@H](CS)NC(=O)[C@H](CCCN=C(N)N)NC(=O)[C@@H]2CCCN2C(=O)[C@H](C(c2ccccc2)c2ccccc2)NC1=O. The third kappa shape index (κ3) is 21.6. The van der Waals surface area contributed by atoms with Crippen LogP contribution >= 0.6 is 36.2 Å². The first-order chi connectivity index (χ1) is 41.8. The number of nitrogens with one attached hydrogen (secondary N) is 7. The van der Waals surface area contributed by atoms with Crippen molar-refractivity contribution in [2.24, 2.45) is 38.7 Å². The topological polar surface area (TPSA) is 396 Å². The minimum atomic E-state index is -1.42. The van der Waals surface area contributed by atoms with Crippen LogP contribution in [0.25, 0.3) is 0 Å². The third-order valence-electron chi connectivity index (χ3n) is 14.4. The van der Waals surface area contributed by atoms with Gasteiger partial charge < -0.3 is 70.8 Å². The number of amides is 9. The first-order valence-electron chi connectivity index (χ1n) is 28.6. The van der Waals surface area contributed by atoms with Crippen LogP contribution in [0, 0.1) is 0 Å². The van der Waals surface area contributed by atoms with E-state index in [2.05, 4.69) is 59.8 Å². The van der Waals surface area contributed by atoms with Crippen LogP contribution in [0.2, 0.25) is 0 Å². The van der Waals surface area contributed by atoms with Crippen LogP contribution in [0.1, 0.15) is 79.2 Å². The summed E-state index contributed by atoms with van der Waals surface area (Å²) in [7, 11) is 0. The van der Waals surface area contributed by atoms with Gasteiger partial charge in [-0.05, 0) is 66.3 Å². The predicted octanol–water partition coefficient (Wildman–Crippen LogP) is 0.168. The van der Waals surface area contributed by atoms with E-state index in [0.29, 0.717) is 34.6 Å². The Balaban J connectivity index is 1.39. The van der Waals surface area contributed by atoms with E-state index in [0.717, 1.165) is 11.1 Å². The summed E-state index contributed by atoms with van der Waals surface area (Å²) in [6, 6.07) is 24.5. The van der Waals surface area contributed by atoms with Gasteiger partial charge in [-0.15, -0.1) is 0 Å². The molecule has 2 heterocycles. The summed E-state index contributed by atoms with van der Waals surface area (Å²) < 4.78 is 0. The van der Waals surface area contributed by atoms with Crippen molar-refractivity contribution in [3.05, 3.63) is 143 Å². The maximum absolute atomic E-state index is 15.5. The first-order valence-corrected chi connectivity index (χ1v) is 31.5. The maximum atomic E-state index is 15.5. The van der Waals surface area contributed by atoms with Crippen molar-refractivity contribution in [2.45, 2.75) is 118 Å². The van der Waals surface area contributed by atoms with Crippen LogP contribution in [0.5, 0.6) is 0 Å². The van der Waals surface area contributed by atoms with Gasteiger partial charge >= 0.3 is 0 Å². The van der Waals surface area contributed by atoms with Crippen LogP contribution in [0.15, 0.2) is 125 Å². The predicted molar refractivity (Wildman–Crippen MR) is 340 cm³/mol. The number of thioether (sulfide) groups is 2. The molecule has 0 aromatic heterocycles. The summed E-state index contributed by atoms with van der Waals surface area (Å²) in [5.41, 5.74) is 32.1. The summed E-state index contributed by atoms with van der Waals surface area (Å²) in [4.78, 5) is 138. The number of guanidine groups is 2. The van der Waals surface area contributed by atoms with Gasteiger partial charge in [-0.25, -0.2) is 0 Å². The first kappa shape index (κ1) is 67.8. The van der Waals surface area contributed by atoms with Crippen LogP contribution < -0.4 is 65.9 Å². The Kier molecular flexibility index (Phi) is 27.1. The van der Waals surface area contributed by atoms with E-state index in [1.165, 1.54) is 35.3 Å². The number of primary amides is 1. The summed E-state index contributed by atoms with van der Waals surface area (Å²) in [5, 5.41) is 19.5. The Morgan fingerprint density at radius 3 is 1.63 bits per heavy atom. The molecule has 0 saturated carbocycles. The highest BCUT2D eigenvalue weighted by Crippen LogP contribution is 2.32. The van der Waals surface area contributed by atoms with Crippen molar-refractivity contribution in [1.29, 1.82) is 0 Å². The molecule has 6 rings (SSSR count). The number of thiol groups is 1. The number of fused-ring (bicyclic) bond motifs is 3. The van der Waals surface area contributed by atoms with Gasteiger partial charge in [0.1, 0.15) is 48.3 Å². The quantitative estimate of drug-likeness (QED) is 0.0308. The summed E-state index contributed by atoms with van der Waals surface area (Å²) in [5.74, 6) is -7.00. The van der Waals surface area contributed by atoms with Crippen LogP contribution in [0.3, 0.4) is 0 Å². The Morgan fingerprint density at radius 1 is 0.609 bits per heavy atom. The molecule has 27 heteroatoms. The number of hydrogen-bond donors (Lipinski definition) is 13. The van der Waals surface area contributed by atoms with E-state index in [4.69, 9.17) is 28.7 Å². The average Bonchev–Trinajstić information content (AvgIpc) is 4.27. The van der Waals surface area contributed by atoms with Crippen molar-refractivity contribution in [2.75, 3.05) is 36.9 Å². The maximum Gasteiger partial charge on any atom is 0.246 e. The van der Waals surface area contributed by atoms with Crippen molar-refractivity contribution < 1.29 is 43.2 Å². The Hall–Kier alpha value is -8.30. The fraction of sp³-hybridized carbons (Fsp3) is 0.417. The molecule has 4 aromatic rings.